The van der Waals surface area contributed by atoms with E-state index in [1.54, 1.807) is 0 Å². The molecule has 0 saturated carbocycles. The molecule has 0 amide bonds. The van der Waals surface area contributed by atoms with Gasteiger partial charge < -0.3 is 0 Å². The summed E-state index contributed by atoms with van der Waals surface area (Å²) >= 11 is 9.99. The van der Waals surface area contributed by atoms with Gasteiger partial charge in [-0.3, -0.25) is 10.9 Å². The van der Waals surface area contributed by atoms with Gasteiger partial charge in [-0.25, -0.2) is 4.98 Å². The molecule has 2 N–H and O–H groups in total. The number of halogens is 4. The monoisotopic (exact) mass is 255 g/mol. The number of pyridine rings is 1. The number of thiocarbonyl (C=S) groups is 1. The van der Waals surface area contributed by atoms with E-state index in [2.05, 4.69) is 28.1 Å². The molecule has 1 rings (SSSR count). The van der Waals surface area contributed by atoms with E-state index in [1.165, 1.54) is 0 Å². The lowest BCUT2D eigenvalue weighted by Gasteiger charge is -2.09. The number of rotatable bonds is 3. The Balaban J connectivity index is 2.93. The minimum Gasteiger partial charge on any atom is -0.296 e. The van der Waals surface area contributed by atoms with E-state index in [0.29, 0.717) is 6.20 Å². The molecule has 8 heteroatoms. The van der Waals surface area contributed by atoms with Gasteiger partial charge in [0.2, 0.25) is 0 Å². The second-order valence-corrected chi connectivity index (χ2v) is 3.08. The molecule has 82 valence electrons. The Morgan fingerprint density at radius 3 is 2.60 bits per heavy atom. The van der Waals surface area contributed by atoms with E-state index < -0.39 is 11.7 Å². The fraction of sp³-hybridized carbons (Fsp3) is 0.143. The van der Waals surface area contributed by atoms with Crippen LogP contribution in [0.1, 0.15) is 5.56 Å². The van der Waals surface area contributed by atoms with Crippen LogP contribution in [-0.4, -0.2) is 10.5 Å². The van der Waals surface area contributed by atoms with Crippen LogP contribution in [-0.2, 0) is 6.18 Å². The highest BCUT2D eigenvalue weighted by atomic mass is 35.5. The lowest BCUT2D eigenvalue weighted by molar-refractivity contribution is -0.137. The van der Waals surface area contributed by atoms with Gasteiger partial charge >= 0.3 is 6.18 Å². The minimum absolute atomic E-state index is 0.0748. The Morgan fingerprint density at radius 2 is 2.13 bits per heavy atom. The number of hydrazine groups is 1. The van der Waals surface area contributed by atoms with Crippen molar-refractivity contribution < 1.29 is 13.2 Å². The van der Waals surface area contributed by atoms with Crippen molar-refractivity contribution in [1.82, 2.24) is 10.4 Å². The third-order valence-corrected chi connectivity index (χ3v) is 1.82. The summed E-state index contributed by atoms with van der Waals surface area (Å²) < 4.78 is 36.6. The maximum absolute atomic E-state index is 12.2. The molecule has 0 saturated heterocycles. The molecule has 0 aliphatic rings. The maximum Gasteiger partial charge on any atom is 0.417 e. The van der Waals surface area contributed by atoms with Crippen LogP contribution in [0.2, 0.25) is 5.02 Å². The summed E-state index contributed by atoms with van der Waals surface area (Å²) in [5, 5.41) is -0.144. The Kier molecular flexibility index (Phi) is 3.70. The van der Waals surface area contributed by atoms with Crippen LogP contribution < -0.4 is 10.9 Å². The van der Waals surface area contributed by atoms with Gasteiger partial charge in [0.25, 0.3) is 0 Å². The normalized spacial score (nSPS) is 10.9. The van der Waals surface area contributed by atoms with Gasteiger partial charge in [0.15, 0.2) is 5.82 Å². The molecule has 0 spiro atoms. The highest BCUT2D eigenvalue weighted by Crippen LogP contribution is 2.31. The van der Waals surface area contributed by atoms with Gasteiger partial charge in [0.05, 0.1) is 16.1 Å². The lowest BCUT2D eigenvalue weighted by atomic mass is 10.3. The summed E-state index contributed by atoms with van der Waals surface area (Å²) in [5.41, 5.74) is 5.03. The molecule has 15 heavy (non-hydrogen) atoms. The highest BCUT2D eigenvalue weighted by molar-refractivity contribution is 7.78. The first-order chi connectivity index (χ1) is 6.95. The molecule has 0 bridgehead atoms. The summed E-state index contributed by atoms with van der Waals surface area (Å²) in [6.07, 6.45) is -3.77. The molecule has 3 nitrogen and oxygen atoms in total. The van der Waals surface area contributed by atoms with E-state index in [1.807, 2.05) is 0 Å². The Bertz CT molecular complexity index is 369. The van der Waals surface area contributed by atoms with E-state index in [-0.39, 0.29) is 10.8 Å². The standard InChI is InChI=1S/C7H5ClF3N3S/c8-5-1-4(7(9,10)11)2-12-6(5)14-13-3-15/h1-3H,(H,12,14)(H,13,15). The molecule has 1 aromatic heterocycles. The predicted octanol–water partition coefficient (Wildman–Crippen LogP) is 2.63. The molecule has 1 aromatic rings. The van der Waals surface area contributed by atoms with Crippen LogP contribution in [0, 0.1) is 0 Å². The second kappa shape index (κ2) is 4.63. The molecule has 0 aliphatic carbocycles. The van der Waals surface area contributed by atoms with Crippen molar-refractivity contribution in [3.8, 4) is 0 Å². The number of nitrogens with one attached hydrogen (secondary N) is 2. The Labute approximate surface area is 93.6 Å². The number of nitrogens with zero attached hydrogens (tertiary/aromatic N) is 1. The summed E-state index contributed by atoms with van der Waals surface area (Å²) in [4.78, 5) is 3.49. The van der Waals surface area contributed by atoms with Crippen molar-refractivity contribution in [1.29, 1.82) is 0 Å². The third kappa shape index (κ3) is 3.21. The van der Waals surface area contributed by atoms with Crippen LogP contribution in [0.25, 0.3) is 0 Å². The second-order valence-electron chi connectivity index (χ2n) is 2.44. The van der Waals surface area contributed by atoms with Crippen molar-refractivity contribution in [2.75, 3.05) is 5.43 Å². The average molecular weight is 256 g/mol. The molecular weight excluding hydrogens is 251 g/mol. The molecule has 0 aliphatic heterocycles. The maximum atomic E-state index is 12.2. The van der Waals surface area contributed by atoms with Gasteiger partial charge in [-0.15, -0.1) is 0 Å². The zero-order valence-corrected chi connectivity index (χ0v) is 8.67. The van der Waals surface area contributed by atoms with Gasteiger partial charge in [0, 0.05) is 6.20 Å². The van der Waals surface area contributed by atoms with Gasteiger partial charge in [-0.05, 0) is 6.07 Å². The number of anilines is 1. The van der Waals surface area contributed by atoms with Gasteiger partial charge in [-0.1, -0.05) is 23.8 Å². The lowest BCUT2D eigenvalue weighted by Crippen LogP contribution is -2.19. The summed E-state index contributed by atoms with van der Waals surface area (Å²) in [6.45, 7) is 0. The fourth-order valence-electron chi connectivity index (χ4n) is 0.783. The molecule has 0 atom stereocenters. The van der Waals surface area contributed by atoms with Gasteiger partial charge in [-0.2, -0.15) is 13.2 Å². The number of hydrogen-bond donors (Lipinski definition) is 2. The first-order valence-corrected chi connectivity index (χ1v) is 4.48. The van der Waals surface area contributed by atoms with Crippen molar-refractivity contribution in [3.63, 3.8) is 0 Å². The summed E-state index contributed by atoms with van der Waals surface area (Å²) in [7, 11) is 0. The molecular formula is C7H5ClF3N3S. The molecule has 0 radical (unpaired) electrons. The van der Waals surface area contributed by atoms with E-state index in [0.717, 1.165) is 11.6 Å². The average Bonchev–Trinajstić information content (AvgIpc) is 2.14. The summed E-state index contributed by atoms with van der Waals surface area (Å²) in [6, 6.07) is 0.780. The highest BCUT2D eigenvalue weighted by Gasteiger charge is 2.31. The third-order valence-electron chi connectivity index (χ3n) is 1.42. The Hall–Kier alpha value is -1.08. The number of hydrogen-bond acceptors (Lipinski definition) is 3. The van der Waals surface area contributed by atoms with Crippen molar-refractivity contribution in [2.45, 2.75) is 6.18 Å². The van der Waals surface area contributed by atoms with Crippen molar-refractivity contribution in [2.24, 2.45) is 0 Å². The summed E-state index contributed by atoms with van der Waals surface area (Å²) in [5.74, 6) is 0.0748. The quantitative estimate of drug-likeness (QED) is 0.643. The number of alkyl halides is 3. The SMILES string of the molecule is FC(F)(F)c1cnc(NNC=S)c(Cl)c1. The zero-order chi connectivity index (χ0) is 11.5. The minimum atomic E-state index is -4.45. The van der Waals surface area contributed by atoms with E-state index >= 15 is 0 Å². The van der Waals surface area contributed by atoms with Crippen LogP contribution >= 0.6 is 23.8 Å². The molecule has 0 unspecified atom stereocenters. The Morgan fingerprint density at radius 1 is 1.47 bits per heavy atom. The number of aromatic nitrogens is 1. The van der Waals surface area contributed by atoms with E-state index in [4.69, 9.17) is 11.6 Å². The van der Waals surface area contributed by atoms with Crippen LogP contribution in [0.3, 0.4) is 0 Å². The fourth-order valence-corrected chi connectivity index (χ4v) is 1.06. The first-order valence-electron chi connectivity index (χ1n) is 3.63. The first kappa shape index (κ1) is 12.0. The van der Waals surface area contributed by atoms with E-state index in [9.17, 15) is 13.2 Å². The topological polar surface area (TPSA) is 37.0 Å². The van der Waals surface area contributed by atoms with Gasteiger partial charge in [0.1, 0.15) is 0 Å². The van der Waals surface area contributed by atoms with Crippen molar-refractivity contribution >= 4 is 35.1 Å². The van der Waals surface area contributed by atoms with Crippen LogP contribution in [0.15, 0.2) is 12.3 Å². The molecule has 0 fully saturated rings. The molecule has 0 aromatic carbocycles. The van der Waals surface area contributed by atoms with Crippen LogP contribution in [0.5, 0.6) is 0 Å². The zero-order valence-electron chi connectivity index (χ0n) is 7.10. The van der Waals surface area contributed by atoms with Crippen LogP contribution in [0.4, 0.5) is 19.0 Å². The van der Waals surface area contributed by atoms with Crippen molar-refractivity contribution in [3.05, 3.63) is 22.8 Å². The largest absolute Gasteiger partial charge is 0.417 e. The molecule has 1 heterocycles. The smallest absolute Gasteiger partial charge is 0.296 e. The predicted molar refractivity (Wildman–Crippen MR) is 54.7 cm³/mol.